The molecule has 1 fully saturated rings. The molecule has 1 rings (SSSR count). The van der Waals surface area contributed by atoms with Gasteiger partial charge in [0.1, 0.15) is 0 Å². The molecule has 0 aromatic heterocycles. The Bertz CT molecular complexity index is 48.0. The number of aliphatic hydroxyl groups is 1. The van der Waals surface area contributed by atoms with Crippen LogP contribution in [0.15, 0.2) is 0 Å². The summed E-state index contributed by atoms with van der Waals surface area (Å²) < 4.78 is 4.87. The van der Waals surface area contributed by atoms with Crippen LogP contribution in [-0.2, 0) is 4.74 Å². The Morgan fingerprint density at radius 3 is 2.86 bits per heavy atom. The van der Waals surface area contributed by atoms with E-state index >= 15 is 0 Å². The molecule has 2 heteroatoms. The first-order valence-electron chi connectivity index (χ1n) is 2.39. The minimum Gasteiger partial charge on any atom is -0.390 e. The first-order chi connectivity index (χ1) is 3.39. The third kappa shape index (κ3) is 1.45. The van der Waals surface area contributed by atoms with Gasteiger partial charge in [0.25, 0.3) is 0 Å². The van der Waals surface area contributed by atoms with Crippen LogP contribution in [0.2, 0.25) is 0 Å². The Morgan fingerprint density at radius 1 is 1.71 bits per heavy atom. The number of ether oxygens (including phenoxy) is 1. The van der Waals surface area contributed by atoms with Crippen molar-refractivity contribution in [1.29, 1.82) is 0 Å². The average molecular weight is 100 g/mol. The summed E-state index contributed by atoms with van der Waals surface area (Å²) >= 11 is 0. The zero-order valence-electron chi connectivity index (χ0n) is 4.05. The highest BCUT2D eigenvalue weighted by Gasteiger charge is 2.08. The molecule has 7 heavy (non-hydrogen) atoms. The summed E-state index contributed by atoms with van der Waals surface area (Å²) in [5.74, 6) is 0. The van der Waals surface area contributed by atoms with Gasteiger partial charge in [-0.2, -0.15) is 0 Å². The first-order valence-corrected chi connectivity index (χ1v) is 2.39. The van der Waals surface area contributed by atoms with Gasteiger partial charge in [0.2, 0.25) is 0 Å². The van der Waals surface area contributed by atoms with Crippen LogP contribution in [0.3, 0.4) is 0 Å². The topological polar surface area (TPSA) is 29.5 Å². The second-order valence-electron chi connectivity index (χ2n) is 1.54. The molecule has 1 aliphatic heterocycles. The highest BCUT2D eigenvalue weighted by molar-refractivity contribution is 4.77. The third-order valence-corrected chi connectivity index (χ3v) is 0.902. The van der Waals surface area contributed by atoms with Crippen molar-refractivity contribution in [3.8, 4) is 0 Å². The van der Waals surface area contributed by atoms with Gasteiger partial charge in [0.15, 0.2) is 0 Å². The second kappa shape index (κ2) is 2.28. The fraction of sp³-hybridized carbons (Fsp3) is 0.800. The zero-order chi connectivity index (χ0) is 5.11. The molecule has 0 aromatic rings. The molecule has 2 nitrogen and oxygen atoms in total. The van der Waals surface area contributed by atoms with E-state index < -0.39 is 6.10 Å². The molecule has 0 aromatic carbocycles. The lowest BCUT2D eigenvalue weighted by atomic mass is 10.2. The van der Waals surface area contributed by atoms with Crippen LogP contribution < -0.4 is 0 Å². The number of aliphatic hydroxyl groups excluding tert-OH is 1. The van der Waals surface area contributed by atoms with E-state index in [4.69, 9.17) is 9.84 Å². The summed E-state index contributed by atoms with van der Waals surface area (Å²) in [5.41, 5.74) is 0. The van der Waals surface area contributed by atoms with Crippen molar-refractivity contribution >= 4 is 0 Å². The van der Waals surface area contributed by atoms with E-state index in [1.54, 1.807) is 0 Å². The summed E-state index contributed by atoms with van der Waals surface area (Å²) in [5, 5.41) is 8.67. The van der Waals surface area contributed by atoms with E-state index in [0.29, 0.717) is 6.61 Å². The highest BCUT2D eigenvalue weighted by Crippen LogP contribution is 2.02. The van der Waals surface area contributed by atoms with E-state index in [-0.39, 0.29) is 0 Å². The average Bonchev–Trinajstić information content (AvgIpc) is 1.69. The lowest BCUT2D eigenvalue weighted by Gasteiger charge is -2.14. The Labute approximate surface area is 43.1 Å². The van der Waals surface area contributed by atoms with Crippen LogP contribution >= 0.6 is 0 Å². The molecule has 0 spiro atoms. The molecule has 0 saturated carbocycles. The molecular formula is C5H8O2. The fourth-order valence-electron chi connectivity index (χ4n) is 0.552. The van der Waals surface area contributed by atoms with Crippen LogP contribution in [0.1, 0.15) is 6.42 Å². The summed E-state index contributed by atoms with van der Waals surface area (Å²) in [6, 6.07) is 0. The standard InChI is InChI=1S/C5H8O2/c6-5-2-1-3-7-4-5/h5-6H,1,3-4H2. The van der Waals surface area contributed by atoms with Gasteiger partial charge >= 0.3 is 0 Å². The van der Waals surface area contributed by atoms with Gasteiger partial charge in [-0.3, -0.25) is 0 Å². The minimum absolute atomic E-state index is 0.431. The van der Waals surface area contributed by atoms with Gasteiger partial charge in [-0.15, -0.1) is 0 Å². The fourth-order valence-corrected chi connectivity index (χ4v) is 0.552. The number of hydrogen-bond acceptors (Lipinski definition) is 2. The van der Waals surface area contributed by atoms with E-state index in [1.165, 1.54) is 0 Å². The lowest BCUT2D eigenvalue weighted by Crippen LogP contribution is -2.22. The van der Waals surface area contributed by atoms with E-state index in [2.05, 4.69) is 6.42 Å². The Hall–Kier alpha value is -0.0800. The monoisotopic (exact) mass is 100 g/mol. The predicted molar refractivity (Wildman–Crippen MR) is 24.7 cm³/mol. The Kier molecular flexibility index (Phi) is 1.65. The maximum Gasteiger partial charge on any atom is 0.0843 e. The number of hydrogen-bond donors (Lipinski definition) is 1. The van der Waals surface area contributed by atoms with Crippen molar-refractivity contribution in [3.63, 3.8) is 0 Å². The van der Waals surface area contributed by atoms with Crippen molar-refractivity contribution in [3.05, 3.63) is 6.42 Å². The molecule has 1 saturated heterocycles. The van der Waals surface area contributed by atoms with Crippen molar-refractivity contribution in [2.75, 3.05) is 13.2 Å². The van der Waals surface area contributed by atoms with E-state index in [1.807, 2.05) is 0 Å². The normalized spacial score (nSPS) is 33.0. The van der Waals surface area contributed by atoms with E-state index in [9.17, 15) is 0 Å². The van der Waals surface area contributed by atoms with Crippen molar-refractivity contribution in [2.45, 2.75) is 12.5 Å². The van der Waals surface area contributed by atoms with Crippen LogP contribution in [0.25, 0.3) is 0 Å². The summed E-state index contributed by atoms with van der Waals surface area (Å²) in [6.07, 6.45) is 3.14. The van der Waals surface area contributed by atoms with Gasteiger partial charge in [0.05, 0.1) is 12.7 Å². The van der Waals surface area contributed by atoms with Crippen LogP contribution in [0.4, 0.5) is 0 Å². The molecule has 1 unspecified atom stereocenters. The van der Waals surface area contributed by atoms with Crippen molar-refractivity contribution in [2.24, 2.45) is 0 Å². The molecule has 1 atom stereocenters. The maximum absolute atomic E-state index is 8.67. The largest absolute Gasteiger partial charge is 0.390 e. The van der Waals surface area contributed by atoms with Crippen molar-refractivity contribution < 1.29 is 9.84 Å². The highest BCUT2D eigenvalue weighted by atomic mass is 16.5. The molecule has 1 aliphatic rings. The molecule has 40 valence electrons. The molecule has 0 amide bonds. The quantitative estimate of drug-likeness (QED) is 0.458. The molecule has 0 aliphatic carbocycles. The van der Waals surface area contributed by atoms with Gasteiger partial charge in [-0.25, -0.2) is 0 Å². The second-order valence-corrected chi connectivity index (χ2v) is 1.54. The third-order valence-electron chi connectivity index (χ3n) is 0.902. The summed E-state index contributed by atoms with van der Waals surface area (Å²) in [7, 11) is 0. The SMILES string of the molecule is OC1[C]CCOC1. The molecule has 2 radical (unpaired) electrons. The predicted octanol–water partition coefficient (Wildman–Crippen LogP) is -0.151. The molecule has 0 bridgehead atoms. The summed E-state index contributed by atoms with van der Waals surface area (Å²) in [4.78, 5) is 0. The molecule has 1 N–H and O–H groups in total. The van der Waals surface area contributed by atoms with Crippen LogP contribution in [-0.4, -0.2) is 24.4 Å². The van der Waals surface area contributed by atoms with Crippen LogP contribution in [0, 0.1) is 6.42 Å². The Morgan fingerprint density at radius 2 is 2.57 bits per heavy atom. The molecule has 1 heterocycles. The van der Waals surface area contributed by atoms with Gasteiger partial charge in [-0.1, -0.05) is 0 Å². The lowest BCUT2D eigenvalue weighted by molar-refractivity contribution is 0.0245. The number of rotatable bonds is 0. The summed E-state index contributed by atoms with van der Waals surface area (Å²) in [6.45, 7) is 1.15. The maximum atomic E-state index is 8.67. The van der Waals surface area contributed by atoms with Gasteiger partial charge in [0, 0.05) is 13.0 Å². The van der Waals surface area contributed by atoms with Gasteiger partial charge < -0.3 is 9.84 Å². The van der Waals surface area contributed by atoms with Crippen molar-refractivity contribution in [1.82, 2.24) is 0 Å². The zero-order valence-corrected chi connectivity index (χ0v) is 4.05. The Balaban J connectivity index is 2.12. The molecular weight excluding hydrogens is 92.1 g/mol. The first kappa shape index (κ1) is 5.06. The van der Waals surface area contributed by atoms with E-state index in [0.717, 1.165) is 13.0 Å². The van der Waals surface area contributed by atoms with Crippen LogP contribution in [0.5, 0.6) is 0 Å². The smallest absolute Gasteiger partial charge is 0.0843 e. The van der Waals surface area contributed by atoms with Gasteiger partial charge in [-0.05, 0) is 6.42 Å². The minimum atomic E-state index is -0.436.